The standard InChI is InChI=1S/C16H16N2O/c1-12-6-5-8-13(10-17)16(12)18-15-9-4-3-7-14(15)11-19-2/h3-9,18H,11H2,1-2H3. The number of hydrogen-bond acceptors (Lipinski definition) is 3. The molecule has 0 bridgehead atoms. The predicted molar refractivity (Wildman–Crippen MR) is 76.3 cm³/mol. The van der Waals surface area contributed by atoms with Crippen molar-refractivity contribution in [2.45, 2.75) is 13.5 Å². The Kier molecular flexibility index (Phi) is 4.17. The van der Waals surface area contributed by atoms with Crippen LogP contribution < -0.4 is 5.32 Å². The average Bonchev–Trinajstić information content (AvgIpc) is 2.43. The topological polar surface area (TPSA) is 45.0 Å². The monoisotopic (exact) mass is 252 g/mol. The van der Waals surface area contributed by atoms with Gasteiger partial charge in [0.1, 0.15) is 6.07 Å². The SMILES string of the molecule is COCc1ccccc1Nc1c(C)cccc1C#N. The first-order valence-electron chi connectivity index (χ1n) is 6.10. The second-order valence-corrected chi connectivity index (χ2v) is 4.32. The summed E-state index contributed by atoms with van der Waals surface area (Å²) in [6.45, 7) is 2.53. The third kappa shape index (κ3) is 2.93. The zero-order valence-electron chi connectivity index (χ0n) is 11.1. The number of aryl methyl sites for hydroxylation is 1. The fraction of sp³-hybridized carbons (Fsp3) is 0.188. The number of nitrogens with one attached hydrogen (secondary N) is 1. The van der Waals surface area contributed by atoms with Crippen LogP contribution in [0.2, 0.25) is 0 Å². The van der Waals surface area contributed by atoms with Crippen LogP contribution in [0.15, 0.2) is 42.5 Å². The normalized spacial score (nSPS) is 9.95. The Morgan fingerprint density at radius 1 is 1.16 bits per heavy atom. The van der Waals surface area contributed by atoms with Crippen LogP contribution in [0.25, 0.3) is 0 Å². The Morgan fingerprint density at radius 2 is 1.95 bits per heavy atom. The van der Waals surface area contributed by atoms with E-state index in [4.69, 9.17) is 4.74 Å². The highest BCUT2D eigenvalue weighted by atomic mass is 16.5. The molecule has 96 valence electrons. The molecule has 0 radical (unpaired) electrons. The number of anilines is 2. The fourth-order valence-electron chi connectivity index (χ4n) is 1.99. The maximum Gasteiger partial charge on any atom is 0.101 e. The number of para-hydroxylation sites is 2. The van der Waals surface area contributed by atoms with E-state index in [9.17, 15) is 5.26 Å². The summed E-state index contributed by atoms with van der Waals surface area (Å²) in [7, 11) is 1.67. The number of benzene rings is 2. The Balaban J connectivity index is 2.39. The molecule has 19 heavy (non-hydrogen) atoms. The highest BCUT2D eigenvalue weighted by Gasteiger charge is 2.07. The number of nitriles is 1. The first-order chi connectivity index (χ1) is 9.26. The Labute approximate surface area is 113 Å². The summed E-state index contributed by atoms with van der Waals surface area (Å²) >= 11 is 0. The van der Waals surface area contributed by atoms with E-state index in [1.165, 1.54) is 0 Å². The van der Waals surface area contributed by atoms with Crippen molar-refractivity contribution in [3.05, 3.63) is 59.2 Å². The average molecular weight is 252 g/mol. The van der Waals surface area contributed by atoms with Gasteiger partial charge in [0.2, 0.25) is 0 Å². The Hall–Kier alpha value is -2.31. The first-order valence-corrected chi connectivity index (χ1v) is 6.10. The third-order valence-corrected chi connectivity index (χ3v) is 2.97. The van der Waals surface area contributed by atoms with E-state index in [0.717, 1.165) is 22.5 Å². The lowest BCUT2D eigenvalue weighted by molar-refractivity contribution is 0.185. The van der Waals surface area contributed by atoms with Crippen molar-refractivity contribution in [2.75, 3.05) is 12.4 Å². The van der Waals surface area contributed by atoms with Gasteiger partial charge in [-0.15, -0.1) is 0 Å². The Bertz CT molecular complexity index is 614. The molecule has 0 amide bonds. The van der Waals surface area contributed by atoms with E-state index in [0.29, 0.717) is 12.2 Å². The molecule has 2 rings (SSSR count). The molecular formula is C16H16N2O. The zero-order chi connectivity index (χ0) is 13.7. The summed E-state index contributed by atoms with van der Waals surface area (Å²) in [4.78, 5) is 0. The number of rotatable bonds is 4. The van der Waals surface area contributed by atoms with Crippen LogP contribution in [-0.4, -0.2) is 7.11 Å². The molecule has 0 fully saturated rings. The van der Waals surface area contributed by atoms with Crippen molar-refractivity contribution >= 4 is 11.4 Å². The van der Waals surface area contributed by atoms with Crippen LogP contribution in [-0.2, 0) is 11.3 Å². The van der Waals surface area contributed by atoms with Crippen LogP contribution in [0.5, 0.6) is 0 Å². The molecule has 2 aromatic carbocycles. The van der Waals surface area contributed by atoms with Gasteiger partial charge in [0.25, 0.3) is 0 Å². The number of methoxy groups -OCH3 is 1. The summed E-state index contributed by atoms with van der Waals surface area (Å²) in [5, 5.41) is 12.5. The lowest BCUT2D eigenvalue weighted by Gasteiger charge is -2.14. The van der Waals surface area contributed by atoms with Gasteiger partial charge in [0, 0.05) is 18.4 Å². The second kappa shape index (κ2) is 6.03. The van der Waals surface area contributed by atoms with Crippen LogP contribution in [0.4, 0.5) is 11.4 Å². The summed E-state index contributed by atoms with van der Waals surface area (Å²) in [6.07, 6.45) is 0. The van der Waals surface area contributed by atoms with Gasteiger partial charge in [-0.1, -0.05) is 30.3 Å². The minimum atomic E-state index is 0.539. The summed E-state index contributed by atoms with van der Waals surface area (Å²) < 4.78 is 5.19. The minimum Gasteiger partial charge on any atom is -0.380 e. The molecule has 0 spiro atoms. The van der Waals surface area contributed by atoms with Crippen molar-refractivity contribution in [3.8, 4) is 6.07 Å². The van der Waals surface area contributed by atoms with Gasteiger partial charge in [-0.3, -0.25) is 0 Å². The lowest BCUT2D eigenvalue weighted by Crippen LogP contribution is -2.00. The van der Waals surface area contributed by atoms with E-state index < -0.39 is 0 Å². The highest BCUT2D eigenvalue weighted by molar-refractivity contribution is 5.71. The highest BCUT2D eigenvalue weighted by Crippen LogP contribution is 2.26. The minimum absolute atomic E-state index is 0.539. The van der Waals surface area contributed by atoms with E-state index in [-0.39, 0.29) is 0 Å². The molecule has 0 saturated heterocycles. The van der Waals surface area contributed by atoms with Gasteiger partial charge in [0.05, 0.1) is 17.9 Å². The lowest BCUT2D eigenvalue weighted by atomic mass is 10.1. The number of hydrogen-bond donors (Lipinski definition) is 1. The molecule has 0 saturated carbocycles. The molecule has 0 aliphatic carbocycles. The van der Waals surface area contributed by atoms with Crippen molar-refractivity contribution in [1.82, 2.24) is 0 Å². The molecular weight excluding hydrogens is 236 g/mol. The van der Waals surface area contributed by atoms with E-state index in [2.05, 4.69) is 11.4 Å². The van der Waals surface area contributed by atoms with Gasteiger partial charge in [-0.05, 0) is 24.6 Å². The predicted octanol–water partition coefficient (Wildman–Crippen LogP) is 3.76. The molecule has 0 heterocycles. The van der Waals surface area contributed by atoms with Crippen LogP contribution in [0.1, 0.15) is 16.7 Å². The first kappa shape index (κ1) is 13.1. The van der Waals surface area contributed by atoms with Crippen molar-refractivity contribution in [1.29, 1.82) is 5.26 Å². The molecule has 0 aromatic heterocycles. The Morgan fingerprint density at radius 3 is 2.68 bits per heavy atom. The maximum atomic E-state index is 9.18. The molecule has 0 aliphatic heterocycles. The number of ether oxygens (including phenoxy) is 1. The van der Waals surface area contributed by atoms with Gasteiger partial charge in [-0.2, -0.15) is 5.26 Å². The van der Waals surface area contributed by atoms with Crippen molar-refractivity contribution in [2.24, 2.45) is 0 Å². The van der Waals surface area contributed by atoms with Crippen LogP contribution in [0, 0.1) is 18.3 Å². The summed E-state index contributed by atoms with van der Waals surface area (Å²) in [5.41, 5.74) is 4.58. The largest absolute Gasteiger partial charge is 0.380 e. The molecule has 0 atom stereocenters. The molecule has 0 aliphatic rings. The second-order valence-electron chi connectivity index (χ2n) is 4.32. The molecule has 3 nitrogen and oxygen atoms in total. The molecule has 0 unspecified atom stereocenters. The fourth-order valence-corrected chi connectivity index (χ4v) is 1.99. The van der Waals surface area contributed by atoms with Gasteiger partial charge < -0.3 is 10.1 Å². The van der Waals surface area contributed by atoms with Crippen LogP contribution in [0.3, 0.4) is 0 Å². The molecule has 1 N–H and O–H groups in total. The number of nitrogens with zero attached hydrogens (tertiary/aromatic N) is 1. The van der Waals surface area contributed by atoms with Crippen molar-refractivity contribution in [3.63, 3.8) is 0 Å². The van der Waals surface area contributed by atoms with E-state index in [1.807, 2.05) is 49.4 Å². The summed E-state index contributed by atoms with van der Waals surface area (Å²) in [6, 6.07) is 15.8. The zero-order valence-corrected chi connectivity index (χ0v) is 11.1. The van der Waals surface area contributed by atoms with Crippen LogP contribution >= 0.6 is 0 Å². The summed E-state index contributed by atoms with van der Waals surface area (Å²) in [5.74, 6) is 0. The van der Waals surface area contributed by atoms with E-state index >= 15 is 0 Å². The van der Waals surface area contributed by atoms with Gasteiger partial charge >= 0.3 is 0 Å². The molecule has 2 aromatic rings. The third-order valence-electron chi connectivity index (χ3n) is 2.97. The molecule has 3 heteroatoms. The quantitative estimate of drug-likeness (QED) is 0.901. The smallest absolute Gasteiger partial charge is 0.101 e. The van der Waals surface area contributed by atoms with Crippen molar-refractivity contribution < 1.29 is 4.74 Å². The van der Waals surface area contributed by atoms with Gasteiger partial charge in [0.15, 0.2) is 0 Å². The van der Waals surface area contributed by atoms with E-state index in [1.54, 1.807) is 7.11 Å². The maximum absolute atomic E-state index is 9.18. The van der Waals surface area contributed by atoms with Gasteiger partial charge in [-0.25, -0.2) is 0 Å².